The Morgan fingerprint density at radius 3 is 2.10 bits per heavy atom. The molecular weight excluding hydrogens is 366 g/mol. The Labute approximate surface area is 172 Å². The number of rotatable bonds is 7. The fraction of sp³-hybridized carbons (Fsp3) is 0.435. The molecule has 0 aliphatic rings. The molecule has 1 amide bonds. The monoisotopic (exact) mass is 397 g/mol. The van der Waals surface area contributed by atoms with Gasteiger partial charge in [-0.05, 0) is 72.2 Å². The van der Waals surface area contributed by atoms with Gasteiger partial charge in [0.2, 0.25) is 5.91 Å². The molecule has 29 heavy (non-hydrogen) atoms. The molecule has 0 unspecified atom stereocenters. The zero-order valence-electron chi connectivity index (χ0n) is 18.6. The maximum absolute atomic E-state index is 13.0. The first-order chi connectivity index (χ1) is 13.4. The number of amides is 1. The first kappa shape index (κ1) is 22.6. The van der Waals surface area contributed by atoms with E-state index in [4.69, 9.17) is 0 Å². The second-order valence-electron chi connectivity index (χ2n) is 7.96. The van der Waals surface area contributed by atoms with Crippen molar-refractivity contribution in [2.45, 2.75) is 54.5 Å². The van der Waals surface area contributed by atoms with E-state index < -0.39 is 6.04 Å². The standard InChI is InChI=1S/C23H31N3O3/c1-12-9-13(2)21(14(3)10-12)25-19(28)11-26(8)17(6)23(29)22-15(4)20(18(7)27)16(5)24-22/h9-10,17,24H,11H2,1-8H3,(H,25,28)/t17-/m0/s1. The Hall–Kier alpha value is -2.73. The summed E-state index contributed by atoms with van der Waals surface area (Å²) < 4.78 is 0. The number of carbonyl (C=O) groups excluding carboxylic acids is 3. The predicted octanol–water partition coefficient (Wildman–Crippen LogP) is 3.90. The number of H-pyrrole nitrogens is 1. The molecule has 0 saturated carbocycles. The van der Waals surface area contributed by atoms with E-state index in [9.17, 15) is 14.4 Å². The van der Waals surface area contributed by atoms with Crippen LogP contribution >= 0.6 is 0 Å². The zero-order chi connectivity index (χ0) is 22.0. The summed E-state index contributed by atoms with van der Waals surface area (Å²) in [5, 5.41) is 2.97. The molecule has 6 heteroatoms. The SMILES string of the molecule is CC(=O)c1c(C)[nH]c(C(=O)[C@H](C)N(C)CC(=O)Nc2c(C)cc(C)cc2C)c1C. The highest BCUT2D eigenvalue weighted by Gasteiger charge is 2.27. The lowest BCUT2D eigenvalue weighted by Gasteiger charge is -2.23. The topological polar surface area (TPSA) is 82.3 Å². The molecule has 156 valence electrons. The van der Waals surface area contributed by atoms with Gasteiger partial charge in [0.25, 0.3) is 0 Å². The summed E-state index contributed by atoms with van der Waals surface area (Å²) in [6, 6.07) is 3.54. The highest BCUT2D eigenvalue weighted by molar-refractivity contribution is 6.05. The van der Waals surface area contributed by atoms with Crippen molar-refractivity contribution in [3.05, 3.63) is 51.3 Å². The minimum Gasteiger partial charge on any atom is -0.355 e. The highest BCUT2D eigenvalue weighted by Crippen LogP contribution is 2.23. The van der Waals surface area contributed by atoms with Gasteiger partial charge in [-0.15, -0.1) is 0 Å². The van der Waals surface area contributed by atoms with Gasteiger partial charge in [-0.1, -0.05) is 17.7 Å². The normalized spacial score (nSPS) is 12.2. The first-order valence-electron chi connectivity index (χ1n) is 9.76. The Balaban J connectivity index is 2.12. The molecule has 0 bridgehead atoms. The summed E-state index contributed by atoms with van der Waals surface area (Å²) in [5.41, 5.74) is 6.33. The summed E-state index contributed by atoms with van der Waals surface area (Å²) in [7, 11) is 1.74. The minimum absolute atomic E-state index is 0.0699. The molecule has 6 nitrogen and oxygen atoms in total. The second kappa shape index (κ2) is 8.74. The Bertz CT molecular complexity index is 949. The van der Waals surface area contributed by atoms with Crippen LogP contribution < -0.4 is 5.32 Å². The summed E-state index contributed by atoms with van der Waals surface area (Å²) in [4.78, 5) is 42.1. The van der Waals surface area contributed by atoms with E-state index in [1.807, 2.05) is 32.9 Å². The van der Waals surface area contributed by atoms with Crippen LogP contribution in [0.3, 0.4) is 0 Å². The number of carbonyl (C=O) groups is 3. The number of aromatic nitrogens is 1. The Morgan fingerprint density at radius 2 is 1.62 bits per heavy atom. The van der Waals surface area contributed by atoms with E-state index in [2.05, 4.69) is 10.3 Å². The number of likely N-dealkylation sites (N-methyl/N-ethyl adjacent to an activating group) is 1. The van der Waals surface area contributed by atoms with Crippen molar-refractivity contribution < 1.29 is 14.4 Å². The molecule has 2 N–H and O–H groups in total. The van der Waals surface area contributed by atoms with Crippen LogP contribution in [0.2, 0.25) is 0 Å². The lowest BCUT2D eigenvalue weighted by atomic mass is 10.0. The van der Waals surface area contributed by atoms with Crippen molar-refractivity contribution in [3.63, 3.8) is 0 Å². The quantitative estimate of drug-likeness (QED) is 0.694. The number of Topliss-reactive ketones (excluding diaryl/α,β-unsaturated/α-hetero) is 2. The first-order valence-corrected chi connectivity index (χ1v) is 9.76. The molecule has 1 aromatic heterocycles. The van der Waals surface area contributed by atoms with Gasteiger partial charge in [0.15, 0.2) is 11.6 Å². The average Bonchev–Trinajstić information content (AvgIpc) is 2.91. The lowest BCUT2D eigenvalue weighted by molar-refractivity contribution is -0.117. The molecule has 2 rings (SSSR count). The zero-order valence-corrected chi connectivity index (χ0v) is 18.6. The average molecular weight is 398 g/mol. The number of aryl methyl sites for hydroxylation is 4. The third-order valence-corrected chi connectivity index (χ3v) is 5.41. The third-order valence-electron chi connectivity index (χ3n) is 5.41. The van der Waals surface area contributed by atoms with Crippen molar-refractivity contribution >= 4 is 23.2 Å². The van der Waals surface area contributed by atoms with Gasteiger partial charge in [-0.3, -0.25) is 19.3 Å². The Kier molecular flexibility index (Phi) is 6.80. The third kappa shape index (κ3) is 4.82. The van der Waals surface area contributed by atoms with Crippen LogP contribution in [0.1, 0.15) is 62.6 Å². The van der Waals surface area contributed by atoms with Crippen LogP contribution in [0, 0.1) is 34.6 Å². The highest BCUT2D eigenvalue weighted by atomic mass is 16.2. The van der Waals surface area contributed by atoms with Gasteiger partial charge in [-0.2, -0.15) is 0 Å². The van der Waals surface area contributed by atoms with E-state index in [1.165, 1.54) is 6.92 Å². The number of nitrogens with zero attached hydrogens (tertiary/aromatic N) is 1. The molecule has 2 aromatic rings. The van der Waals surface area contributed by atoms with Gasteiger partial charge >= 0.3 is 0 Å². The number of nitrogens with one attached hydrogen (secondary N) is 2. The van der Waals surface area contributed by atoms with Crippen LogP contribution in [0.25, 0.3) is 0 Å². The van der Waals surface area contributed by atoms with Crippen LogP contribution in [0.15, 0.2) is 12.1 Å². The van der Waals surface area contributed by atoms with E-state index >= 15 is 0 Å². The number of hydrogen-bond donors (Lipinski definition) is 2. The molecule has 0 saturated heterocycles. The Morgan fingerprint density at radius 1 is 1.07 bits per heavy atom. The van der Waals surface area contributed by atoms with E-state index in [0.717, 1.165) is 22.4 Å². The van der Waals surface area contributed by atoms with E-state index in [0.29, 0.717) is 22.5 Å². The van der Waals surface area contributed by atoms with Gasteiger partial charge in [0.05, 0.1) is 18.3 Å². The molecule has 0 radical (unpaired) electrons. The molecule has 0 fully saturated rings. The minimum atomic E-state index is -0.516. The molecule has 1 aromatic carbocycles. The molecule has 0 spiro atoms. The van der Waals surface area contributed by atoms with E-state index in [1.54, 1.807) is 32.7 Å². The number of benzene rings is 1. The van der Waals surface area contributed by atoms with Crippen LogP contribution in [0.5, 0.6) is 0 Å². The van der Waals surface area contributed by atoms with Gasteiger partial charge < -0.3 is 10.3 Å². The molecular formula is C23H31N3O3. The van der Waals surface area contributed by atoms with Crippen molar-refractivity contribution in [1.82, 2.24) is 9.88 Å². The summed E-state index contributed by atoms with van der Waals surface area (Å²) in [6.07, 6.45) is 0. The predicted molar refractivity (Wildman–Crippen MR) is 116 cm³/mol. The lowest BCUT2D eigenvalue weighted by Crippen LogP contribution is -2.41. The second-order valence-corrected chi connectivity index (χ2v) is 7.96. The number of ketones is 2. The number of aromatic amines is 1. The maximum atomic E-state index is 13.0. The number of hydrogen-bond acceptors (Lipinski definition) is 4. The van der Waals surface area contributed by atoms with Gasteiger partial charge in [0.1, 0.15) is 0 Å². The maximum Gasteiger partial charge on any atom is 0.238 e. The van der Waals surface area contributed by atoms with Crippen LogP contribution in [-0.4, -0.2) is 47.0 Å². The summed E-state index contributed by atoms with van der Waals surface area (Å²) in [6.45, 7) is 12.9. The van der Waals surface area contributed by atoms with Gasteiger partial charge in [-0.25, -0.2) is 0 Å². The van der Waals surface area contributed by atoms with Crippen molar-refractivity contribution in [2.24, 2.45) is 0 Å². The van der Waals surface area contributed by atoms with E-state index in [-0.39, 0.29) is 24.0 Å². The largest absolute Gasteiger partial charge is 0.355 e. The van der Waals surface area contributed by atoms with Crippen molar-refractivity contribution in [3.8, 4) is 0 Å². The smallest absolute Gasteiger partial charge is 0.238 e. The van der Waals surface area contributed by atoms with Gasteiger partial charge in [0, 0.05) is 16.9 Å². The van der Waals surface area contributed by atoms with Crippen LogP contribution in [0.4, 0.5) is 5.69 Å². The number of anilines is 1. The molecule has 0 aliphatic carbocycles. The molecule has 1 atom stereocenters. The molecule has 0 aliphatic heterocycles. The van der Waals surface area contributed by atoms with Crippen molar-refractivity contribution in [1.29, 1.82) is 0 Å². The summed E-state index contributed by atoms with van der Waals surface area (Å²) >= 11 is 0. The fourth-order valence-corrected chi connectivity index (χ4v) is 3.85. The fourth-order valence-electron chi connectivity index (χ4n) is 3.85. The summed E-state index contributed by atoms with van der Waals surface area (Å²) in [5.74, 6) is -0.387. The molecule has 1 heterocycles. The van der Waals surface area contributed by atoms with Crippen LogP contribution in [-0.2, 0) is 4.79 Å². The van der Waals surface area contributed by atoms with Crippen molar-refractivity contribution in [2.75, 3.05) is 18.9 Å².